The fourth-order valence-corrected chi connectivity index (χ4v) is 2.67. The average Bonchev–Trinajstić information content (AvgIpc) is 2.87. The summed E-state index contributed by atoms with van der Waals surface area (Å²) in [5, 5.41) is 13.4. The summed E-state index contributed by atoms with van der Waals surface area (Å²) in [7, 11) is 0. The van der Waals surface area contributed by atoms with Crippen LogP contribution in [-0.2, 0) is 13.0 Å². The first kappa shape index (κ1) is 13.7. The maximum atomic E-state index is 11.6. The van der Waals surface area contributed by atoms with Crippen LogP contribution >= 0.6 is 0 Å². The van der Waals surface area contributed by atoms with Gasteiger partial charge >= 0.3 is 0 Å². The number of pyridine rings is 1. The van der Waals surface area contributed by atoms with Crippen LogP contribution in [-0.4, -0.2) is 50.4 Å². The van der Waals surface area contributed by atoms with E-state index in [4.69, 9.17) is 10.8 Å². The minimum absolute atomic E-state index is 0.0929. The summed E-state index contributed by atoms with van der Waals surface area (Å²) >= 11 is 0. The quantitative estimate of drug-likeness (QED) is 0.806. The van der Waals surface area contributed by atoms with Gasteiger partial charge in [-0.05, 0) is 12.1 Å². The maximum absolute atomic E-state index is 11.6. The van der Waals surface area contributed by atoms with E-state index in [1.165, 1.54) is 0 Å². The number of aliphatic hydroxyl groups is 1. The number of amides is 1. The number of hydrogen-bond donors (Lipinski definition) is 2. The van der Waals surface area contributed by atoms with E-state index in [-0.39, 0.29) is 6.61 Å². The second-order valence-electron chi connectivity index (χ2n) is 4.99. The highest BCUT2D eigenvalue weighted by molar-refractivity contribution is 5.92. The smallest absolute Gasteiger partial charge is 0.269 e. The fourth-order valence-electron chi connectivity index (χ4n) is 2.67. The van der Waals surface area contributed by atoms with Gasteiger partial charge in [-0.2, -0.15) is 5.10 Å². The van der Waals surface area contributed by atoms with Crippen molar-refractivity contribution in [3.63, 3.8) is 0 Å². The molecule has 7 nitrogen and oxygen atoms in total. The molecule has 0 aliphatic carbocycles. The third-order valence-corrected chi connectivity index (χ3v) is 3.65. The van der Waals surface area contributed by atoms with Gasteiger partial charge in [0.05, 0.1) is 12.3 Å². The van der Waals surface area contributed by atoms with Gasteiger partial charge in [0.15, 0.2) is 11.5 Å². The van der Waals surface area contributed by atoms with Crippen molar-refractivity contribution < 1.29 is 9.90 Å². The summed E-state index contributed by atoms with van der Waals surface area (Å²) in [4.78, 5) is 18.0. The van der Waals surface area contributed by atoms with E-state index in [1.807, 2.05) is 18.2 Å². The molecule has 0 saturated heterocycles. The molecule has 0 unspecified atom stereocenters. The zero-order valence-electron chi connectivity index (χ0n) is 11.6. The molecule has 1 aliphatic heterocycles. The molecule has 7 heteroatoms. The second kappa shape index (κ2) is 5.63. The van der Waals surface area contributed by atoms with E-state index < -0.39 is 5.91 Å². The van der Waals surface area contributed by atoms with Crippen LogP contribution in [0.3, 0.4) is 0 Å². The second-order valence-corrected chi connectivity index (χ2v) is 4.99. The number of β-amino-alcohol motifs (C(OH)–C–C–N with tert-alkyl or cyclic N) is 1. The lowest BCUT2D eigenvalue weighted by Gasteiger charge is -2.26. The molecule has 0 spiro atoms. The Labute approximate surface area is 122 Å². The molecule has 0 saturated carbocycles. The Bertz CT molecular complexity index is 653. The summed E-state index contributed by atoms with van der Waals surface area (Å²) < 4.78 is 1.70. The zero-order valence-corrected chi connectivity index (χ0v) is 11.6. The number of carbonyl (C=O) groups excluding carboxylic acids is 1. The molecular weight excluding hydrogens is 270 g/mol. The molecule has 0 radical (unpaired) electrons. The number of fused-ring (bicyclic) bond motifs is 1. The number of aromatic nitrogens is 3. The lowest BCUT2D eigenvalue weighted by molar-refractivity contribution is 0.0992. The molecule has 1 amide bonds. The monoisotopic (exact) mass is 287 g/mol. The maximum Gasteiger partial charge on any atom is 0.269 e. The third kappa shape index (κ3) is 2.53. The van der Waals surface area contributed by atoms with E-state index in [0.29, 0.717) is 24.6 Å². The summed E-state index contributed by atoms with van der Waals surface area (Å²) in [6.45, 7) is 2.05. The van der Waals surface area contributed by atoms with Crippen LogP contribution in [0.5, 0.6) is 0 Å². The highest BCUT2D eigenvalue weighted by Crippen LogP contribution is 2.24. The van der Waals surface area contributed by atoms with Crippen molar-refractivity contribution in [3.8, 4) is 5.82 Å². The molecule has 2 aromatic heterocycles. The fraction of sp³-hybridized carbons (Fsp3) is 0.357. The normalized spacial score (nSPS) is 14.9. The molecule has 3 heterocycles. The SMILES string of the molecule is NC(=O)c1nn(-c2ccccn2)c2c1CN(CCO)CC2. The molecule has 0 aromatic carbocycles. The van der Waals surface area contributed by atoms with Crippen molar-refractivity contribution in [2.75, 3.05) is 19.7 Å². The standard InChI is InChI=1S/C14H17N5O2/c15-14(21)13-10-9-18(7-8-20)6-4-11(10)19(17-13)12-3-1-2-5-16-12/h1-3,5,20H,4,6-9H2,(H2,15,21). The molecule has 0 atom stereocenters. The molecule has 0 bridgehead atoms. The number of nitrogens with zero attached hydrogens (tertiary/aromatic N) is 4. The van der Waals surface area contributed by atoms with E-state index in [2.05, 4.69) is 15.0 Å². The Morgan fingerprint density at radius 1 is 1.43 bits per heavy atom. The molecule has 2 aromatic rings. The van der Waals surface area contributed by atoms with Crippen molar-refractivity contribution in [1.29, 1.82) is 0 Å². The van der Waals surface area contributed by atoms with Crippen LogP contribution < -0.4 is 5.73 Å². The number of hydrogen-bond acceptors (Lipinski definition) is 5. The molecule has 3 N–H and O–H groups in total. The number of rotatable bonds is 4. The lowest BCUT2D eigenvalue weighted by atomic mass is 10.0. The molecule has 21 heavy (non-hydrogen) atoms. The van der Waals surface area contributed by atoms with Crippen LogP contribution in [0.15, 0.2) is 24.4 Å². The van der Waals surface area contributed by atoms with Gasteiger partial charge in [0.2, 0.25) is 0 Å². The van der Waals surface area contributed by atoms with Crippen molar-refractivity contribution in [2.45, 2.75) is 13.0 Å². The summed E-state index contributed by atoms with van der Waals surface area (Å²) in [6, 6.07) is 5.55. The highest BCUT2D eigenvalue weighted by atomic mass is 16.3. The van der Waals surface area contributed by atoms with Crippen molar-refractivity contribution in [3.05, 3.63) is 41.3 Å². The van der Waals surface area contributed by atoms with Crippen LogP contribution in [0.1, 0.15) is 21.7 Å². The van der Waals surface area contributed by atoms with Gasteiger partial charge in [-0.15, -0.1) is 0 Å². The van der Waals surface area contributed by atoms with Gasteiger partial charge in [0.1, 0.15) is 0 Å². The molecule has 1 aliphatic rings. The minimum Gasteiger partial charge on any atom is -0.395 e. The Morgan fingerprint density at radius 2 is 2.29 bits per heavy atom. The predicted octanol–water partition coefficient (Wildman–Crippen LogP) is -0.283. The van der Waals surface area contributed by atoms with Gasteiger partial charge in [0, 0.05) is 37.8 Å². The number of aliphatic hydroxyl groups excluding tert-OH is 1. The number of primary amides is 1. The largest absolute Gasteiger partial charge is 0.395 e. The van der Waals surface area contributed by atoms with Crippen molar-refractivity contribution in [2.24, 2.45) is 5.73 Å². The summed E-state index contributed by atoms with van der Waals surface area (Å²) in [5.41, 5.74) is 7.55. The lowest BCUT2D eigenvalue weighted by Crippen LogP contribution is -2.34. The number of nitrogens with two attached hydrogens (primary N) is 1. The minimum atomic E-state index is -0.535. The van der Waals surface area contributed by atoms with Gasteiger partial charge in [-0.1, -0.05) is 6.07 Å². The molecule has 110 valence electrons. The van der Waals surface area contributed by atoms with Gasteiger partial charge in [-0.25, -0.2) is 9.67 Å². The van der Waals surface area contributed by atoms with Gasteiger partial charge in [0.25, 0.3) is 5.91 Å². The Balaban J connectivity index is 2.05. The van der Waals surface area contributed by atoms with Crippen LogP contribution in [0.25, 0.3) is 5.82 Å². The molecule has 3 rings (SSSR count). The summed E-state index contributed by atoms with van der Waals surface area (Å²) in [5.74, 6) is 0.142. The number of carbonyl (C=O) groups is 1. The summed E-state index contributed by atoms with van der Waals surface area (Å²) in [6.07, 6.45) is 2.43. The Hall–Kier alpha value is -2.25. The van der Waals surface area contributed by atoms with E-state index in [9.17, 15) is 4.79 Å². The highest BCUT2D eigenvalue weighted by Gasteiger charge is 2.27. The van der Waals surface area contributed by atoms with Crippen molar-refractivity contribution in [1.82, 2.24) is 19.7 Å². The Morgan fingerprint density at radius 3 is 2.95 bits per heavy atom. The zero-order chi connectivity index (χ0) is 14.8. The van der Waals surface area contributed by atoms with E-state index >= 15 is 0 Å². The van der Waals surface area contributed by atoms with Gasteiger partial charge < -0.3 is 10.8 Å². The van der Waals surface area contributed by atoms with Crippen LogP contribution in [0, 0.1) is 0 Å². The first-order valence-electron chi connectivity index (χ1n) is 6.86. The topological polar surface area (TPSA) is 97.3 Å². The molecule has 0 fully saturated rings. The van der Waals surface area contributed by atoms with E-state index in [1.54, 1.807) is 10.9 Å². The van der Waals surface area contributed by atoms with E-state index in [0.717, 1.165) is 24.2 Å². The first-order chi connectivity index (χ1) is 10.2. The predicted molar refractivity (Wildman–Crippen MR) is 75.9 cm³/mol. The van der Waals surface area contributed by atoms with Gasteiger partial charge in [-0.3, -0.25) is 9.69 Å². The third-order valence-electron chi connectivity index (χ3n) is 3.65. The average molecular weight is 287 g/mol. The van der Waals surface area contributed by atoms with Crippen molar-refractivity contribution >= 4 is 5.91 Å². The Kier molecular flexibility index (Phi) is 3.68. The molecular formula is C14H17N5O2. The van der Waals surface area contributed by atoms with Crippen LogP contribution in [0.2, 0.25) is 0 Å². The van der Waals surface area contributed by atoms with Crippen LogP contribution in [0.4, 0.5) is 0 Å². The first-order valence-corrected chi connectivity index (χ1v) is 6.86.